The highest BCUT2D eigenvalue weighted by atomic mass is 32.2. The third-order valence-electron chi connectivity index (χ3n) is 4.60. The number of sulfonamides is 1. The van der Waals surface area contributed by atoms with Crippen LogP contribution < -0.4 is 15.8 Å². The predicted octanol–water partition coefficient (Wildman–Crippen LogP) is 0.923. The maximum Gasteiger partial charge on any atom is 0.266 e. The molecule has 1 heterocycles. The van der Waals surface area contributed by atoms with E-state index in [-0.39, 0.29) is 17.9 Å². The van der Waals surface area contributed by atoms with Crippen LogP contribution in [0.25, 0.3) is 0 Å². The molecule has 1 unspecified atom stereocenters. The summed E-state index contributed by atoms with van der Waals surface area (Å²) in [5, 5.41) is 2.54. The fraction of sp³-hybridized carbons (Fsp3) is 0.263. The number of methoxy groups -OCH3 is 1. The Morgan fingerprint density at radius 1 is 1.21 bits per heavy atom. The van der Waals surface area contributed by atoms with Crippen LogP contribution >= 0.6 is 0 Å². The summed E-state index contributed by atoms with van der Waals surface area (Å²) in [5.74, 6) is -2.43. The molecule has 3 N–H and O–H groups in total. The Morgan fingerprint density at radius 2 is 1.90 bits per heavy atom. The fourth-order valence-electron chi connectivity index (χ4n) is 3.09. The van der Waals surface area contributed by atoms with E-state index in [1.807, 2.05) is 0 Å². The number of benzene rings is 2. The Kier molecular flexibility index (Phi) is 5.73. The number of nitrogens with zero attached hydrogens (tertiary/aromatic N) is 1. The van der Waals surface area contributed by atoms with Crippen molar-refractivity contribution in [2.75, 3.05) is 25.9 Å². The molecule has 154 valence electrons. The Bertz CT molecular complexity index is 1040. The van der Waals surface area contributed by atoms with Gasteiger partial charge in [-0.15, -0.1) is 0 Å². The van der Waals surface area contributed by atoms with Crippen LogP contribution in [0.4, 0.5) is 10.1 Å². The molecule has 1 aliphatic rings. The van der Waals surface area contributed by atoms with E-state index >= 15 is 0 Å². The molecule has 2 aromatic rings. The summed E-state index contributed by atoms with van der Waals surface area (Å²) < 4.78 is 45.4. The summed E-state index contributed by atoms with van der Waals surface area (Å²) in [5.41, 5.74) is 6.34. The summed E-state index contributed by atoms with van der Waals surface area (Å²) >= 11 is 0. The van der Waals surface area contributed by atoms with Crippen molar-refractivity contribution in [3.8, 4) is 5.75 Å². The van der Waals surface area contributed by atoms with Crippen LogP contribution in [0.15, 0.2) is 47.4 Å². The van der Waals surface area contributed by atoms with Crippen LogP contribution in [-0.2, 0) is 26.0 Å². The molecule has 1 saturated heterocycles. The standard InChI is InChI=1S/C19H20FN3O5S/c1-28-17-7-2-14(20)9-12(17)8-13-10-22-18(24)11-23(19(13)25)29(26,27)16-5-3-15(21)4-6-16/h2-7,9,13H,8,10-11,21H2,1H3,(H,22,24). The van der Waals surface area contributed by atoms with Gasteiger partial charge in [-0.1, -0.05) is 0 Å². The lowest BCUT2D eigenvalue weighted by molar-refractivity contribution is -0.131. The zero-order valence-electron chi connectivity index (χ0n) is 15.6. The molecule has 3 rings (SSSR count). The number of anilines is 1. The Morgan fingerprint density at radius 3 is 2.55 bits per heavy atom. The van der Waals surface area contributed by atoms with Gasteiger partial charge in [-0.2, -0.15) is 0 Å². The lowest BCUT2D eigenvalue weighted by Gasteiger charge is -2.23. The van der Waals surface area contributed by atoms with E-state index < -0.39 is 40.1 Å². The van der Waals surface area contributed by atoms with Gasteiger partial charge < -0.3 is 15.8 Å². The van der Waals surface area contributed by atoms with Crippen LogP contribution in [-0.4, -0.2) is 44.7 Å². The van der Waals surface area contributed by atoms with E-state index in [1.54, 1.807) is 0 Å². The first-order chi connectivity index (χ1) is 13.7. The first-order valence-corrected chi connectivity index (χ1v) is 10.2. The van der Waals surface area contributed by atoms with Gasteiger partial charge in [0.2, 0.25) is 11.8 Å². The van der Waals surface area contributed by atoms with Gasteiger partial charge in [0.25, 0.3) is 10.0 Å². The number of nitrogens with two attached hydrogens (primary N) is 1. The molecule has 1 fully saturated rings. The van der Waals surface area contributed by atoms with Crippen molar-refractivity contribution < 1.29 is 27.1 Å². The fourth-order valence-corrected chi connectivity index (χ4v) is 4.50. The van der Waals surface area contributed by atoms with E-state index in [0.29, 0.717) is 21.3 Å². The van der Waals surface area contributed by atoms with Crippen molar-refractivity contribution in [2.24, 2.45) is 5.92 Å². The molecule has 0 aliphatic carbocycles. The SMILES string of the molecule is COc1ccc(F)cc1CC1CNC(=O)CN(S(=O)(=O)c2ccc(N)cc2)C1=O. The first-order valence-electron chi connectivity index (χ1n) is 8.73. The van der Waals surface area contributed by atoms with E-state index in [4.69, 9.17) is 10.5 Å². The number of nitrogen functional groups attached to an aromatic ring is 1. The van der Waals surface area contributed by atoms with Gasteiger partial charge in [0.15, 0.2) is 0 Å². The number of carbonyl (C=O) groups is 2. The molecule has 0 spiro atoms. The molecule has 2 amide bonds. The van der Waals surface area contributed by atoms with Gasteiger partial charge in [0.05, 0.1) is 17.9 Å². The van der Waals surface area contributed by atoms with Gasteiger partial charge in [-0.3, -0.25) is 9.59 Å². The van der Waals surface area contributed by atoms with E-state index in [0.717, 1.165) is 0 Å². The Labute approximate surface area is 167 Å². The number of carbonyl (C=O) groups excluding carboxylic acids is 2. The number of amides is 2. The van der Waals surface area contributed by atoms with Crippen molar-refractivity contribution in [3.05, 3.63) is 53.8 Å². The van der Waals surface area contributed by atoms with Crippen molar-refractivity contribution >= 4 is 27.5 Å². The Balaban J connectivity index is 1.95. The molecule has 0 bridgehead atoms. The zero-order chi connectivity index (χ0) is 21.2. The lowest BCUT2D eigenvalue weighted by Crippen LogP contribution is -2.42. The van der Waals surface area contributed by atoms with Crippen LogP contribution in [0.3, 0.4) is 0 Å². The molecule has 29 heavy (non-hydrogen) atoms. The number of hydrogen-bond acceptors (Lipinski definition) is 6. The van der Waals surface area contributed by atoms with Gasteiger partial charge >= 0.3 is 0 Å². The largest absolute Gasteiger partial charge is 0.496 e. The molecular weight excluding hydrogens is 401 g/mol. The van der Waals surface area contributed by atoms with Crippen LogP contribution in [0.1, 0.15) is 5.56 Å². The van der Waals surface area contributed by atoms with E-state index in [9.17, 15) is 22.4 Å². The molecule has 2 aromatic carbocycles. The number of halogens is 1. The van der Waals surface area contributed by atoms with Crippen LogP contribution in [0, 0.1) is 11.7 Å². The van der Waals surface area contributed by atoms with Crippen molar-refractivity contribution in [1.82, 2.24) is 9.62 Å². The maximum atomic E-state index is 13.7. The second-order valence-electron chi connectivity index (χ2n) is 6.58. The second kappa shape index (κ2) is 8.08. The number of nitrogens with one attached hydrogen (secondary N) is 1. The summed E-state index contributed by atoms with van der Waals surface area (Å²) in [6.07, 6.45) is -0.00615. The van der Waals surface area contributed by atoms with Crippen LogP contribution in [0.5, 0.6) is 5.75 Å². The third-order valence-corrected chi connectivity index (χ3v) is 6.36. The third kappa shape index (κ3) is 4.32. The second-order valence-corrected chi connectivity index (χ2v) is 8.44. The van der Waals surface area contributed by atoms with Crippen LogP contribution in [0.2, 0.25) is 0 Å². The average Bonchev–Trinajstić information content (AvgIpc) is 2.82. The summed E-state index contributed by atoms with van der Waals surface area (Å²) in [6, 6.07) is 9.19. The molecule has 10 heteroatoms. The van der Waals surface area contributed by atoms with E-state index in [1.165, 1.54) is 49.6 Å². The smallest absolute Gasteiger partial charge is 0.266 e. The number of rotatable bonds is 5. The summed E-state index contributed by atoms with van der Waals surface area (Å²) in [4.78, 5) is 25.0. The summed E-state index contributed by atoms with van der Waals surface area (Å²) in [6.45, 7) is -0.715. The normalized spacial score (nSPS) is 17.6. The highest BCUT2D eigenvalue weighted by molar-refractivity contribution is 7.89. The zero-order valence-corrected chi connectivity index (χ0v) is 16.4. The minimum absolute atomic E-state index is 0.00615. The molecule has 0 aromatic heterocycles. The highest BCUT2D eigenvalue weighted by Gasteiger charge is 2.38. The summed E-state index contributed by atoms with van der Waals surface area (Å²) in [7, 11) is -2.86. The van der Waals surface area contributed by atoms with Gasteiger partial charge in [0.1, 0.15) is 18.1 Å². The van der Waals surface area contributed by atoms with Crippen molar-refractivity contribution in [2.45, 2.75) is 11.3 Å². The Hall–Kier alpha value is -3.14. The molecule has 0 radical (unpaired) electrons. The first kappa shape index (κ1) is 20.6. The quantitative estimate of drug-likeness (QED) is 0.693. The predicted molar refractivity (Wildman–Crippen MR) is 103 cm³/mol. The van der Waals surface area contributed by atoms with Crippen molar-refractivity contribution in [1.29, 1.82) is 0 Å². The monoisotopic (exact) mass is 421 g/mol. The number of ether oxygens (including phenoxy) is 1. The maximum absolute atomic E-state index is 13.7. The topological polar surface area (TPSA) is 119 Å². The minimum Gasteiger partial charge on any atom is -0.496 e. The van der Waals surface area contributed by atoms with E-state index in [2.05, 4.69) is 5.32 Å². The van der Waals surface area contributed by atoms with Gasteiger partial charge in [0, 0.05) is 12.2 Å². The lowest BCUT2D eigenvalue weighted by atomic mass is 9.97. The van der Waals surface area contributed by atoms with Gasteiger partial charge in [-0.05, 0) is 54.4 Å². The molecular formula is C19H20FN3O5S. The molecule has 8 nitrogen and oxygen atoms in total. The molecule has 1 atom stereocenters. The average molecular weight is 421 g/mol. The van der Waals surface area contributed by atoms with Crippen molar-refractivity contribution in [3.63, 3.8) is 0 Å². The molecule has 0 saturated carbocycles. The van der Waals surface area contributed by atoms with Gasteiger partial charge in [-0.25, -0.2) is 17.1 Å². The minimum atomic E-state index is -4.27. The highest BCUT2D eigenvalue weighted by Crippen LogP contribution is 2.26. The molecule has 1 aliphatic heterocycles. The number of hydrogen-bond donors (Lipinski definition) is 2.